The Labute approximate surface area is 128 Å². The zero-order valence-electron chi connectivity index (χ0n) is 11.7. The molecule has 1 heterocycles. The molecule has 0 atom stereocenters. The highest BCUT2D eigenvalue weighted by Gasteiger charge is 2.38. The molecule has 0 bridgehead atoms. The van der Waals surface area contributed by atoms with E-state index in [2.05, 4.69) is 27.3 Å². The smallest absolute Gasteiger partial charge is 0.227 e. The van der Waals surface area contributed by atoms with Gasteiger partial charge in [0.1, 0.15) is 0 Å². The number of benzene rings is 1. The molecule has 20 heavy (non-hydrogen) atoms. The molecule has 1 amide bonds. The van der Waals surface area contributed by atoms with Gasteiger partial charge in [0.15, 0.2) is 0 Å². The van der Waals surface area contributed by atoms with Crippen LogP contribution < -0.4 is 11.1 Å². The number of aryl methyl sites for hydroxylation is 1. The van der Waals surface area contributed by atoms with Crippen molar-refractivity contribution in [2.24, 2.45) is 11.1 Å². The van der Waals surface area contributed by atoms with Gasteiger partial charge in [-0.05, 0) is 43.0 Å². The molecule has 0 radical (unpaired) electrons. The molecule has 3 N–H and O–H groups in total. The van der Waals surface area contributed by atoms with E-state index in [9.17, 15) is 4.79 Å². The average Bonchev–Trinajstić information content (AvgIpc) is 2.46. The van der Waals surface area contributed by atoms with Gasteiger partial charge in [0.25, 0.3) is 0 Å². The van der Waals surface area contributed by atoms with Crippen molar-refractivity contribution in [1.82, 2.24) is 5.32 Å². The number of nitrogens with two attached hydrogens (primary N) is 1. The predicted octanol–water partition coefficient (Wildman–Crippen LogP) is 2.13. The van der Waals surface area contributed by atoms with Crippen molar-refractivity contribution in [2.45, 2.75) is 26.3 Å². The van der Waals surface area contributed by atoms with E-state index in [0.29, 0.717) is 39.1 Å². The Hall–Kier alpha value is -0.910. The molecule has 110 valence electrons. The molecular weight excluding hydrogens is 320 g/mol. The van der Waals surface area contributed by atoms with Crippen LogP contribution in [-0.4, -0.2) is 25.7 Å². The summed E-state index contributed by atoms with van der Waals surface area (Å²) >= 11 is 3.44. The molecular formula is C15H21BrN2O2. The van der Waals surface area contributed by atoms with Crippen LogP contribution >= 0.6 is 15.9 Å². The van der Waals surface area contributed by atoms with Crippen molar-refractivity contribution in [1.29, 1.82) is 0 Å². The highest BCUT2D eigenvalue weighted by Crippen LogP contribution is 2.29. The van der Waals surface area contributed by atoms with E-state index in [-0.39, 0.29) is 5.91 Å². The lowest BCUT2D eigenvalue weighted by Gasteiger charge is -2.34. The first kappa shape index (κ1) is 15.5. The van der Waals surface area contributed by atoms with Crippen LogP contribution in [0.3, 0.4) is 0 Å². The second kappa shape index (κ2) is 6.70. The van der Waals surface area contributed by atoms with Gasteiger partial charge in [-0.15, -0.1) is 0 Å². The standard InChI is InChI=1S/C15H21BrN2O2/c1-11-8-13(16)3-2-12(11)9-18-14(19)15(10-17)4-6-20-7-5-15/h2-3,8H,4-7,9-10,17H2,1H3,(H,18,19). The molecule has 0 aromatic heterocycles. The monoisotopic (exact) mass is 340 g/mol. The number of hydrogen-bond donors (Lipinski definition) is 2. The molecule has 1 aromatic carbocycles. The van der Waals surface area contributed by atoms with Gasteiger partial charge in [-0.3, -0.25) is 4.79 Å². The Kier molecular flexibility index (Phi) is 5.18. The second-order valence-corrected chi connectivity index (χ2v) is 6.27. The Morgan fingerprint density at radius 3 is 2.75 bits per heavy atom. The quantitative estimate of drug-likeness (QED) is 0.882. The summed E-state index contributed by atoms with van der Waals surface area (Å²) < 4.78 is 6.38. The van der Waals surface area contributed by atoms with E-state index in [1.54, 1.807) is 0 Å². The van der Waals surface area contributed by atoms with Crippen molar-refractivity contribution in [3.8, 4) is 0 Å². The summed E-state index contributed by atoms with van der Waals surface area (Å²) in [5, 5.41) is 3.03. The summed E-state index contributed by atoms with van der Waals surface area (Å²) in [6.07, 6.45) is 1.41. The second-order valence-electron chi connectivity index (χ2n) is 5.35. The number of hydrogen-bond acceptors (Lipinski definition) is 3. The molecule has 1 aliphatic rings. The number of amides is 1. The molecule has 1 aromatic rings. The van der Waals surface area contributed by atoms with Crippen LogP contribution in [0.1, 0.15) is 24.0 Å². The van der Waals surface area contributed by atoms with Crippen molar-refractivity contribution in [3.63, 3.8) is 0 Å². The van der Waals surface area contributed by atoms with E-state index in [4.69, 9.17) is 10.5 Å². The molecule has 0 aliphatic carbocycles. The normalized spacial score (nSPS) is 17.8. The van der Waals surface area contributed by atoms with Crippen LogP contribution in [0, 0.1) is 12.3 Å². The van der Waals surface area contributed by atoms with Crippen LogP contribution in [0.5, 0.6) is 0 Å². The summed E-state index contributed by atoms with van der Waals surface area (Å²) in [4.78, 5) is 12.4. The van der Waals surface area contributed by atoms with Crippen LogP contribution in [-0.2, 0) is 16.1 Å². The third-order valence-corrected chi connectivity index (χ3v) is 4.56. The van der Waals surface area contributed by atoms with Gasteiger partial charge < -0.3 is 15.8 Å². The molecule has 1 fully saturated rings. The molecule has 1 saturated heterocycles. The van der Waals surface area contributed by atoms with Gasteiger partial charge >= 0.3 is 0 Å². The van der Waals surface area contributed by atoms with E-state index < -0.39 is 5.41 Å². The number of ether oxygens (including phenoxy) is 1. The van der Waals surface area contributed by atoms with Gasteiger partial charge in [-0.2, -0.15) is 0 Å². The molecule has 4 nitrogen and oxygen atoms in total. The maximum Gasteiger partial charge on any atom is 0.227 e. The molecule has 0 spiro atoms. The zero-order chi connectivity index (χ0) is 14.6. The minimum absolute atomic E-state index is 0.0469. The lowest BCUT2D eigenvalue weighted by Crippen LogP contribution is -2.49. The average molecular weight is 341 g/mol. The number of carbonyl (C=O) groups excluding carboxylic acids is 1. The van der Waals surface area contributed by atoms with Crippen LogP contribution in [0.4, 0.5) is 0 Å². The number of nitrogens with one attached hydrogen (secondary N) is 1. The minimum Gasteiger partial charge on any atom is -0.381 e. The molecule has 0 saturated carbocycles. The largest absolute Gasteiger partial charge is 0.381 e. The fourth-order valence-electron chi connectivity index (χ4n) is 2.51. The maximum atomic E-state index is 12.4. The Balaban J connectivity index is 2.00. The fraction of sp³-hybridized carbons (Fsp3) is 0.533. The van der Waals surface area contributed by atoms with Gasteiger partial charge in [0, 0.05) is 30.8 Å². The number of carbonyl (C=O) groups is 1. The van der Waals surface area contributed by atoms with Crippen LogP contribution in [0.25, 0.3) is 0 Å². The Morgan fingerprint density at radius 2 is 2.15 bits per heavy atom. The SMILES string of the molecule is Cc1cc(Br)ccc1CNC(=O)C1(CN)CCOCC1. The summed E-state index contributed by atoms with van der Waals surface area (Å²) in [5.74, 6) is 0.0469. The Morgan fingerprint density at radius 1 is 1.45 bits per heavy atom. The van der Waals surface area contributed by atoms with E-state index in [0.717, 1.165) is 15.6 Å². The van der Waals surface area contributed by atoms with Crippen molar-refractivity contribution in [3.05, 3.63) is 33.8 Å². The summed E-state index contributed by atoms with van der Waals surface area (Å²) in [6, 6.07) is 6.06. The molecule has 5 heteroatoms. The first-order valence-corrected chi connectivity index (χ1v) is 7.68. The minimum atomic E-state index is -0.457. The molecule has 2 rings (SSSR count). The van der Waals surface area contributed by atoms with E-state index in [1.807, 2.05) is 19.1 Å². The van der Waals surface area contributed by atoms with Gasteiger partial charge in [0.05, 0.1) is 5.41 Å². The lowest BCUT2D eigenvalue weighted by atomic mass is 9.79. The summed E-state index contributed by atoms with van der Waals surface area (Å²) in [7, 11) is 0. The van der Waals surface area contributed by atoms with Gasteiger partial charge in [-0.1, -0.05) is 22.0 Å². The molecule has 1 aliphatic heterocycles. The summed E-state index contributed by atoms with van der Waals surface area (Å²) in [5.41, 5.74) is 7.66. The van der Waals surface area contributed by atoms with E-state index >= 15 is 0 Å². The fourth-order valence-corrected chi connectivity index (χ4v) is 2.98. The highest BCUT2D eigenvalue weighted by atomic mass is 79.9. The first-order valence-electron chi connectivity index (χ1n) is 6.88. The first-order chi connectivity index (χ1) is 9.57. The third kappa shape index (κ3) is 3.40. The van der Waals surface area contributed by atoms with Crippen LogP contribution in [0.15, 0.2) is 22.7 Å². The molecule has 0 unspecified atom stereocenters. The Bertz CT molecular complexity index is 485. The maximum absolute atomic E-state index is 12.4. The van der Waals surface area contributed by atoms with Crippen LogP contribution in [0.2, 0.25) is 0 Å². The third-order valence-electron chi connectivity index (χ3n) is 4.07. The number of rotatable bonds is 4. The van der Waals surface area contributed by atoms with Crippen molar-refractivity contribution < 1.29 is 9.53 Å². The van der Waals surface area contributed by atoms with Crippen molar-refractivity contribution >= 4 is 21.8 Å². The topological polar surface area (TPSA) is 64.4 Å². The van der Waals surface area contributed by atoms with E-state index in [1.165, 1.54) is 0 Å². The number of halogens is 1. The van der Waals surface area contributed by atoms with Gasteiger partial charge in [-0.25, -0.2) is 0 Å². The zero-order valence-corrected chi connectivity index (χ0v) is 13.3. The lowest BCUT2D eigenvalue weighted by molar-refractivity contribution is -0.136. The predicted molar refractivity (Wildman–Crippen MR) is 82.3 cm³/mol. The van der Waals surface area contributed by atoms with Crippen molar-refractivity contribution in [2.75, 3.05) is 19.8 Å². The highest BCUT2D eigenvalue weighted by molar-refractivity contribution is 9.10. The summed E-state index contributed by atoms with van der Waals surface area (Å²) in [6.45, 7) is 4.19. The van der Waals surface area contributed by atoms with Gasteiger partial charge in [0.2, 0.25) is 5.91 Å².